The van der Waals surface area contributed by atoms with Gasteiger partial charge in [-0.1, -0.05) is 52.9 Å². The molecule has 0 bridgehead atoms. The molecule has 0 aliphatic carbocycles. The van der Waals surface area contributed by atoms with Crippen LogP contribution in [0.15, 0.2) is 0 Å². The van der Waals surface area contributed by atoms with Crippen LogP contribution in [-0.2, 0) is 0 Å². The van der Waals surface area contributed by atoms with Gasteiger partial charge in [-0.25, -0.2) is 0 Å². The summed E-state index contributed by atoms with van der Waals surface area (Å²) in [7, 11) is 0. The lowest BCUT2D eigenvalue weighted by Crippen LogP contribution is -2.42. The Morgan fingerprint density at radius 3 is 1.95 bits per heavy atom. The van der Waals surface area contributed by atoms with E-state index < -0.39 is 0 Å². The summed E-state index contributed by atoms with van der Waals surface area (Å²) in [5.41, 5.74) is 11.0. The topological polar surface area (TPSA) is 92.5 Å². The fraction of sp³-hybridized carbons (Fsp3) is 1.00. The SMILES string of the molecule is CCCC(N)CO.CCCCCCC(N)(CC)CO. The molecule has 0 aromatic carbocycles. The van der Waals surface area contributed by atoms with Gasteiger partial charge in [0.2, 0.25) is 0 Å². The van der Waals surface area contributed by atoms with Crippen molar-refractivity contribution in [3.8, 4) is 0 Å². The third kappa shape index (κ3) is 14.1. The summed E-state index contributed by atoms with van der Waals surface area (Å²) >= 11 is 0. The highest BCUT2D eigenvalue weighted by atomic mass is 16.3. The number of hydrogen-bond donors (Lipinski definition) is 4. The minimum Gasteiger partial charge on any atom is -0.395 e. The van der Waals surface area contributed by atoms with Crippen LogP contribution in [0.4, 0.5) is 0 Å². The summed E-state index contributed by atoms with van der Waals surface area (Å²) < 4.78 is 0. The number of aliphatic hydroxyl groups is 2. The van der Waals surface area contributed by atoms with Crippen LogP contribution in [-0.4, -0.2) is 35.0 Å². The van der Waals surface area contributed by atoms with Crippen molar-refractivity contribution in [2.75, 3.05) is 13.2 Å². The van der Waals surface area contributed by atoms with Gasteiger partial charge in [-0.15, -0.1) is 0 Å². The first kappa shape index (κ1) is 21.1. The molecule has 0 rings (SSSR count). The fourth-order valence-corrected chi connectivity index (χ4v) is 1.73. The van der Waals surface area contributed by atoms with Crippen LogP contribution < -0.4 is 11.5 Å². The summed E-state index contributed by atoms with van der Waals surface area (Å²) in [6, 6.07) is 0.00463. The van der Waals surface area contributed by atoms with E-state index in [4.69, 9.17) is 21.7 Å². The van der Waals surface area contributed by atoms with E-state index >= 15 is 0 Å². The second-order valence-corrected chi connectivity index (χ2v) is 5.42. The fourth-order valence-electron chi connectivity index (χ4n) is 1.73. The van der Waals surface area contributed by atoms with Crippen LogP contribution in [0, 0.1) is 0 Å². The molecule has 118 valence electrons. The molecular formula is C15H36N2O2. The molecular weight excluding hydrogens is 240 g/mol. The molecule has 0 radical (unpaired) electrons. The van der Waals surface area contributed by atoms with Crippen molar-refractivity contribution in [2.45, 2.75) is 83.7 Å². The van der Waals surface area contributed by atoms with Crippen molar-refractivity contribution in [1.29, 1.82) is 0 Å². The average Bonchev–Trinajstić information content (AvgIpc) is 2.44. The second kappa shape index (κ2) is 14.3. The molecule has 4 heteroatoms. The van der Waals surface area contributed by atoms with Crippen molar-refractivity contribution in [2.24, 2.45) is 11.5 Å². The molecule has 2 atom stereocenters. The molecule has 0 heterocycles. The lowest BCUT2D eigenvalue weighted by molar-refractivity contribution is 0.179. The highest BCUT2D eigenvalue weighted by Gasteiger charge is 2.20. The Labute approximate surface area is 119 Å². The Morgan fingerprint density at radius 2 is 1.63 bits per heavy atom. The van der Waals surface area contributed by atoms with Gasteiger partial charge < -0.3 is 21.7 Å². The second-order valence-electron chi connectivity index (χ2n) is 5.42. The van der Waals surface area contributed by atoms with Gasteiger partial charge in [0.05, 0.1) is 13.2 Å². The zero-order chi connectivity index (χ0) is 15.1. The van der Waals surface area contributed by atoms with Gasteiger partial charge in [-0.2, -0.15) is 0 Å². The number of unbranched alkanes of at least 4 members (excludes halogenated alkanes) is 3. The third-order valence-electron chi connectivity index (χ3n) is 3.44. The van der Waals surface area contributed by atoms with Crippen LogP contribution in [0.25, 0.3) is 0 Å². The van der Waals surface area contributed by atoms with Crippen molar-refractivity contribution in [1.82, 2.24) is 0 Å². The molecule has 0 saturated heterocycles. The molecule has 0 fully saturated rings. The van der Waals surface area contributed by atoms with Gasteiger partial charge in [0.15, 0.2) is 0 Å². The van der Waals surface area contributed by atoms with E-state index in [1.807, 2.05) is 6.92 Å². The molecule has 0 aromatic rings. The van der Waals surface area contributed by atoms with Crippen molar-refractivity contribution < 1.29 is 10.2 Å². The zero-order valence-corrected chi connectivity index (χ0v) is 13.2. The maximum atomic E-state index is 9.02. The van der Waals surface area contributed by atoms with E-state index in [9.17, 15) is 0 Å². The standard InChI is InChI=1S/C10H23NO.C5H13NO/c1-3-5-6-7-8-10(11,4-2)9-12;1-2-3-5(6)4-7/h12H,3-9,11H2,1-2H3;5,7H,2-4,6H2,1H3. The van der Waals surface area contributed by atoms with Crippen LogP contribution in [0.2, 0.25) is 0 Å². The maximum absolute atomic E-state index is 9.02. The van der Waals surface area contributed by atoms with Gasteiger partial charge in [-0.3, -0.25) is 0 Å². The molecule has 0 saturated carbocycles. The zero-order valence-electron chi connectivity index (χ0n) is 13.2. The molecule has 0 aliphatic rings. The normalized spacial score (nSPS) is 15.3. The summed E-state index contributed by atoms with van der Waals surface area (Å²) in [6.45, 7) is 6.52. The van der Waals surface area contributed by atoms with Crippen LogP contribution in [0.5, 0.6) is 0 Å². The predicted molar refractivity (Wildman–Crippen MR) is 83.0 cm³/mol. The maximum Gasteiger partial charge on any atom is 0.0611 e. The first-order valence-corrected chi connectivity index (χ1v) is 7.75. The number of hydrogen-bond acceptors (Lipinski definition) is 4. The largest absolute Gasteiger partial charge is 0.395 e. The quantitative estimate of drug-likeness (QED) is 0.460. The van der Waals surface area contributed by atoms with Crippen molar-refractivity contribution >= 4 is 0 Å². The van der Waals surface area contributed by atoms with E-state index in [1.54, 1.807) is 0 Å². The van der Waals surface area contributed by atoms with E-state index in [1.165, 1.54) is 19.3 Å². The summed E-state index contributed by atoms with van der Waals surface area (Å²) in [5.74, 6) is 0. The smallest absolute Gasteiger partial charge is 0.0611 e. The number of aliphatic hydroxyl groups excluding tert-OH is 2. The molecule has 0 spiro atoms. The van der Waals surface area contributed by atoms with E-state index in [-0.39, 0.29) is 24.8 Å². The minimum absolute atomic E-state index is 0.00463. The van der Waals surface area contributed by atoms with E-state index in [0.29, 0.717) is 0 Å². The molecule has 0 aliphatic heterocycles. The predicted octanol–water partition coefficient (Wildman–Crippen LogP) is 2.16. The monoisotopic (exact) mass is 276 g/mol. The molecule has 6 N–H and O–H groups in total. The minimum atomic E-state index is -0.312. The molecule has 0 aromatic heterocycles. The van der Waals surface area contributed by atoms with Crippen LogP contribution in [0.1, 0.15) is 72.1 Å². The van der Waals surface area contributed by atoms with Crippen LogP contribution in [0.3, 0.4) is 0 Å². The van der Waals surface area contributed by atoms with Gasteiger partial charge >= 0.3 is 0 Å². The van der Waals surface area contributed by atoms with E-state index in [2.05, 4.69) is 13.8 Å². The summed E-state index contributed by atoms with van der Waals surface area (Å²) in [4.78, 5) is 0. The van der Waals surface area contributed by atoms with Gasteiger partial charge in [-0.05, 0) is 19.3 Å². The molecule has 2 unspecified atom stereocenters. The Bertz CT molecular complexity index is 174. The first-order valence-electron chi connectivity index (χ1n) is 7.75. The van der Waals surface area contributed by atoms with Gasteiger partial charge in [0.1, 0.15) is 0 Å². The number of rotatable bonds is 10. The third-order valence-corrected chi connectivity index (χ3v) is 3.44. The Balaban J connectivity index is 0. The lowest BCUT2D eigenvalue weighted by atomic mass is 9.91. The van der Waals surface area contributed by atoms with Gasteiger partial charge in [0.25, 0.3) is 0 Å². The highest BCUT2D eigenvalue weighted by molar-refractivity contribution is 4.81. The first-order chi connectivity index (χ1) is 8.99. The Hall–Kier alpha value is -0.160. The average molecular weight is 276 g/mol. The summed E-state index contributed by atoms with van der Waals surface area (Å²) in [6.07, 6.45) is 8.75. The molecule has 0 amide bonds. The number of nitrogens with two attached hydrogens (primary N) is 2. The van der Waals surface area contributed by atoms with Crippen molar-refractivity contribution in [3.63, 3.8) is 0 Å². The summed E-state index contributed by atoms with van der Waals surface area (Å²) in [5, 5.41) is 17.4. The van der Waals surface area contributed by atoms with Crippen molar-refractivity contribution in [3.05, 3.63) is 0 Å². The Kier molecular flexibility index (Phi) is 15.9. The highest BCUT2D eigenvalue weighted by Crippen LogP contribution is 2.15. The lowest BCUT2D eigenvalue weighted by Gasteiger charge is -2.25. The van der Waals surface area contributed by atoms with Gasteiger partial charge in [0, 0.05) is 11.6 Å². The molecule has 4 nitrogen and oxygen atoms in total. The molecule has 19 heavy (non-hydrogen) atoms. The Morgan fingerprint density at radius 1 is 1.00 bits per heavy atom. The van der Waals surface area contributed by atoms with Crippen LogP contribution >= 0.6 is 0 Å². The van der Waals surface area contributed by atoms with E-state index in [0.717, 1.165) is 32.1 Å².